The second kappa shape index (κ2) is 3.81. The molecule has 1 fully saturated rings. The lowest BCUT2D eigenvalue weighted by atomic mass is 9.90. The first-order valence-corrected chi connectivity index (χ1v) is 6.97. The molecule has 0 N–H and O–H groups in total. The minimum atomic E-state index is -2.95. The smallest absolute Gasteiger partial charge is 0.243 e. The normalized spacial score (nSPS) is 28.1. The molecule has 0 saturated carbocycles. The van der Waals surface area contributed by atoms with Gasteiger partial charge < -0.3 is 4.89 Å². The molecule has 0 aliphatic carbocycles. The quantitative estimate of drug-likeness (QED) is 0.543. The Kier molecular flexibility index (Phi) is 3.33. The average molecular weight is 232 g/mol. The molecule has 3 nitrogen and oxygen atoms in total. The van der Waals surface area contributed by atoms with Gasteiger partial charge >= 0.3 is 0 Å². The molecule has 1 aliphatic heterocycles. The fourth-order valence-electron chi connectivity index (χ4n) is 1.40. The number of hydrogen-bond donors (Lipinski definition) is 0. The topological polar surface area (TPSA) is 41.5 Å². The van der Waals surface area contributed by atoms with Gasteiger partial charge in [0.2, 0.25) is 7.94 Å². The molecule has 1 aliphatic rings. The minimum absolute atomic E-state index is 0.385. The third-order valence-electron chi connectivity index (χ3n) is 3.12. The molecule has 0 aromatic heterocycles. The van der Waals surface area contributed by atoms with Crippen molar-refractivity contribution in [2.75, 3.05) is 6.16 Å². The fraction of sp³-hybridized carbons (Fsp3) is 0.818. The number of allylic oxidation sites excluding steroid dienone is 2. The maximum absolute atomic E-state index is 12.3. The summed E-state index contributed by atoms with van der Waals surface area (Å²) in [4.78, 5) is 12.3. The number of rotatable bonds is 2. The van der Waals surface area contributed by atoms with Crippen molar-refractivity contribution >= 4 is 7.94 Å². The van der Waals surface area contributed by atoms with Crippen LogP contribution in [0.4, 0.5) is 0 Å². The van der Waals surface area contributed by atoms with Gasteiger partial charge in [0.15, 0.2) is 0 Å². The van der Waals surface area contributed by atoms with Gasteiger partial charge in [0, 0.05) is 0 Å². The Morgan fingerprint density at radius 3 is 1.93 bits per heavy atom. The molecule has 1 saturated heterocycles. The predicted octanol–water partition coefficient (Wildman–Crippen LogP) is 2.68. The zero-order chi connectivity index (χ0) is 11.9. The highest BCUT2D eigenvalue weighted by molar-refractivity contribution is 7.59. The standard InChI is InChI=1S/C11H21O3P/c1-7-9(2)8-15(12)13-10(3,4)11(5,6)14-15/h7H,8H2,1-6H3/b9-7-. The van der Waals surface area contributed by atoms with Gasteiger partial charge in [0.1, 0.15) is 17.4 Å². The Balaban J connectivity index is 2.84. The van der Waals surface area contributed by atoms with E-state index >= 15 is 0 Å². The first-order chi connectivity index (χ1) is 6.62. The van der Waals surface area contributed by atoms with Crippen LogP contribution in [0, 0.1) is 0 Å². The molecular weight excluding hydrogens is 211 g/mol. The van der Waals surface area contributed by atoms with Gasteiger partial charge in [-0.25, -0.2) is 9.05 Å². The zero-order valence-corrected chi connectivity index (χ0v) is 11.4. The summed E-state index contributed by atoms with van der Waals surface area (Å²) < 4.78 is 11.2. The van der Waals surface area contributed by atoms with Crippen LogP contribution in [0.2, 0.25) is 0 Å². The molecule has 0 aromatic rings. The van der Waals surface area contributed by atoms with Gasteiger partial charge in [0.05, 0.1) is 0 Å². The third-order valence-corrected chi connectivity index (χ3v) is 5.48. The zero-order valence-electron chi connectivity index (χ0n) is 10.5. The first kappa shape index (κ1) is 13.1. The SMILES string of the molecule is C/C=C(/C)C[P+]1([O-])OC(C)(C)C(C)(C)O1. The molecule has 0 aromatic carbocycles. The van der Waals surface area contributed by atoms with Crippen molar-refractivity contribution in [3.63, 3.8) is 0 Å². The summed E-state index contributed by atoms with van der Waals surface area (Å²) in [5.41, 5.74) is 0.0273. The molecule has 88 valence electrons. The van der Waals surface area contributed by atoms with E-state index in [1.165, 1.54) is 0 Å². The van der Waals surface area contributed by atoms with Crippen molar-refractivity contribution in [3.8, 4) is 0 Å². The molecule has 1 heterocycles. The van der Waals surface area contributed by atoms with Gasteiger partial charge in [-0.1, -0.05) is 6.08 Å². The molecule has 0 amide bonds. The first-order valence-electron chi connectivity index (χ1n) is 5.24. The van der Waals surface area contributed by atoms with Gasteiger partial charge in [-0.05, 0) is 47.1 Å². The van der Waals surface area contributed by atoms with Crippen LogP contribution in [-0.4, -0.2) is 17.4 Å². The van der Waals surface area contributed by atoms with E-state index < -0.39 is 19.1 Å². The molecule has 0 spiro atoms. The van der Waals surface area contributed by atoms with E-state index in [-0.39, 0.29) is 0 Å². The Morgan fingerprint density at radius 1 is 1.20 bits per heavy atom. The maximum atomic E-state index is 12.3. The summed E-state index contributed by atoms with van der Waals surface area (Å²) in [6, 6.07) is 0. The van der Waals surface area contributed by atoms with E-state index in [4.69, 9.17) is 9.05 Å². The molecule has 4 heteroatoms. The molecule has 15 heavy (non-hydrogen) atoms. The van der Waals surface area contributed by atoms with Crippen LogP contribution in [0.5, 0.6) is 0 Å². The van der Waals surface area contributed by atoms with Crippen LogP contribution in [-0.2, 0) is 9.05 Å². The van der Waals surface area contributed by atoms with Crippen molar-refractivity contribution in [1.29, 1.82) is 0 Å². The predicted molar refractivity (Wildman–Crippen MR) is 61.5 cm³/mol. The van der Waals surface area contributed by atoms with Crippen LogP contribution in [0.15, 0.2) is 11.6 Å². The van der Waals surface area contributed by atoms with E-state index in [1.807, 2.05) is 47.6 Å². The second-order valence-corrected chi connectivity index (χ2v) is 7.01. The van der Waals surface area contributed by atoms with Crippen LogP contribution in [0.1, 0.15) is 41.5 Å². The Bertz CT molecular complexity index is 266. The maximum Gasteiger partial charge on any atom is 0.243 e. The minimum Gasteiger partial charge on any atom is -0.631 e. The van der Waals surface area contributed by atoms with Crippen molar-refractivity contribution < 1.29 is 13.9 Å². The van der Waals surface area contributed by atoms with Gasteiger partial charge in [-0.15, -0.1) is 0 Å². The Hall–Kier alpha value is 0.0500. The molecule has 0 radical (unpaired) electrons. The molecular formula is C11H21O3P. The summed E-state index contributed by atoms with van der Waals surface area (Å²) in [6.45, 7) is 11.5. The van der Waals surface area contributed by atoms with E-state index in [0.29, 0.717) is 6.16 Å². The van der Waals surface area contributed by atoms with Crippen LogP contribution < -0.4 is 4.89 Å². The fourth-order valence-corrected chi connectivity index (χ4v) is 4.19. The van der Waals surface area contributed by atoms with E-state index in [1.54, 1.807) is 0 Å². The van der Waals surface area contributed by atoms with Crippen molar-refractivity contribution in [3.05, 3.63) is 11.6 Å². The highest BCUT2D eigenvalue weighted by Gasteiger charge is 2.59. The largest absolute Gasteiger partial charge is 0.631 e. The highest BCUT2D eigenvalue weighted by Crippen LogP contribution is 2.67. The van der Waals surface area contributed by atoms with Crippen LogP contribution >= 0.6 is 7.94 Å². The summed E-state index contributed by atoms with van der Waals surface area (Å²) in [7, 11) is -2.95. The molecule has 1 rings (SSSR count). The van der Waals surface area contributed by atoms with Crippen molar-refractivity contribution in [1.82, 2.24) is 0 Å². The summed E-state index contributed by atoms with van der Waals surface area (Å²) >= 11 is 0. The lowest BCUT2D eigenvalue weighted by Crippen LogP contribution is -2.41. The summed E-state index contributed by atoms with van der Waals surface area (Å²) in [5, 5.41) is 0. The summed E-state index contributed by atoms with van der Waals surface area (Å²) in [6.07, 6.45) is 2.32. The van der Waals surface area contributed by atoms with Crippen LogP contribution in [0.25, 0.3) is 0 Å². The van der Waals surface area contributed by atoms with Crippen molar-refractivity contribution in [2.24, 2.45) is 0 Å². The van der Waals surface area contributed by atoms with Gasteiger partial charge in [0.25, 0.3) is 0 Å². The van der Waals surface area contributed by atoms with Gasteiger partial charge in [-0.3, -0.25) is 0 Å². The van der Waals surface area contributed by atoms with Gasteiger partial charge in [-0.2, -0.15) is 0 Å². The molecule has 0 atom stereocenters. The number of hydrogen-bond acceptors (Lipinski definition) is 3. The second-order valence-electron chi connectivity index (χ2n) is 5.11. The monoisotopic (exact) mass is 232 g/mol. The lowest BCUT2D eigenvalue weighted by Gasteiger charge is -2.25. The van der Waals surface area contributed by atoms with Crippen molar-refractivity contribution in [2.45, 2.75) is 52.7 Å². The van der Waals surface area contributed by atoms with Crippen LogP contribution in [0.3, 0.4) is 0 Å². The average Bonchev–Trinajstić information content (AvgIpc) is 2.15. The summed E-state index contributed by atoms with van der Waals surface area (Å²) in [5.74, 6) is 0. The van der Waals surface area contributed by atoms with E-state index in [0.717, 1.165) is 5.57 Å². The molecule has 0 unspecified atom stereocenters. The van der Waals surface area contributed by atoms with E-state index in [2.05, 4.69) is 0 Å². The Morgan fingerprint density at radius 2 is 1.60 bits per heavy atom. The van der Waals surface area contributed by atoms with E-state index in [9.17, 15) is 4.89 Å². The molecule has 0 bridgehead atoms. The Labute approximate surface area is 93.1 Å². The third kappa shape index (κ3) is 2.59. The highest BCUT2D eigenvalue weighted by atomic mass is 31.2. The lowest BCUT2D eigenvalue weighted by molar-refractivity contribution is -0.211.